The van der Waals surface area contributed by atoms with Crippen molar-refractivity contribution in [3.63, 3.8) is 0 Å². The topological polar surface area (TPSA) is 79.3 Å². The van der Waals surface area contributed by atoms with Gasteiger partial charge in [-0.15, -0.1) is 0 Å². The molecule has 1 aromatic heterocycles. The molecule has 1 aliphatic rings. The molecule has 0 fully saturated rings. The molecule has 1 amide bonds. The number of hydrogen-bond donors (Lipinski definition) is 2. The van der Waals surface area contributed by atoms with Gasteiger partial charge in [-0.25, -0.2) is 4.39 Å². The maximum atomic E-state index is 15.5. The highest BCUT2D eigenvalue weighted by Crippen LogP contribution is 2.38. The fourth-order valence-electron chi connectivity index (χ4n) is 3.03. The van der Waals surface area contributed by atoms with Gasteiger partial charge >= 0.3 is 0 Å². The molecule has 3 rings (SSSR count). The molecule has 0 radical (unpaired) electrons. The van der Waals surface area contributed by atoms with Crippen LogP contribution in [-0.2, 0) is 23.6 Å². The molecule has 8 heteroatoms. The van der Waals surface area contributed by atoms with Crippen molar-refractivity contribution in [2.45, 2.75) is 31.7 Å². The van der Waals surface area contributed by atoms with Gasteiger partial charge in [-0.2, -0.15) is 0 Å². The average molecular weight is 397 g/mol. The van der Waals surface area contributed by atoms with Gasteiger partial charge in [0.15, 0.2) is 5.78 Å². The Morgan fingerprint density at radius 3 is 2.88 bits per heavy atom. The third-order valence-electron chi connectivity index (χ3n) is 4.40. The van der Waals surface area contributed by atoms with E-state index in [9.17, 15) is 14.7 Å². The highest BCUT2D eigenvalue weighted by atomic mass is 35.5. The van der Waals surface area contributed by atoms with E-state index in [4.69, 9.17) is 23.2 Å². The lowest BCUT2D eigenvalue weighted by Gasteiger charge is -2.29. The fourth-order valence-corrected chi connectivity index (χ4v) is 3.63. The van der Waals surface area contributed by atoms with E-state index < -0.39 is 11.6 Å². The summed E-state index contributed by atoms with van der Waals surface area (Å²) in [4.78, 5) is 28.4. The van der Waals surface area contributed by atoms with E-state index in [0.717, 1.165) is 0 Å². The van der Waals surface area contributed by atoms with E-state index in [1.165, 1.54) is 30.5 Å². The third kappa shape index (κ3) is 3.32. The Hall–Kier alpha value is -2.02. The van der Waals surface area contributed by atoms with Crippen molar-refractivity contribution in [2.24, 2.45) is 0 Å². The Bertz CT molecular complexity index is 891. The Labute approximate surface area is 159 Å². The molecule has 0 saturated carbocycles. The number of aliphatic hydroxyl groups excluding tert-OH is 1. The number of fused-ring (bicyclic) bond motifs is 1. The van der Waals surface area contributed by atoms with E-state index >= 15 is 4.39 Å². The zero-order chi connectivity index (χ0) is 18.9. The van der Waals surface area contributed by atoms with E-state index in [2.05, 4.69) is 10.3 Å². The Balaban J connectivity index is 1.86. The Kier molecular flexibility index (Phi) is 5.27. The van der Waals surface area contributed by atoms with Crippen LogP contribution in [0.3, 0.4) is 0 Å². The van der Waals surface area contributed by atoms with Gasteiger partial charge in [0.2, 0.25) is 5.67 Å². The first-order valence-corrected chi connectivity index (χ1v) is 8.66. The first-order chi connectivity index (χ1) is 12.4. The zero-order valence-electron chi connectivity index (χ0n) is 13.6. The van der Waals surface area contributed by atoms with Crippen molar-refractivity contribution in [1.29, 1.82) is 0 Å². The number of halogens is 3. The number of amides is 1. The molecule has 136 valence electrons. The number of ketones is 1. The number of rotatable bonds is 4. The molecule has 26 heavy (non-hydrogen) atoms. The van der Waals surface area contributed by atoms with Crippen molar-refractivity contribution in [2.75, 3.05) is 0 Å². The minimum Gasteiger partial charge on any atom is -0.392 e. The zero-order valence-corrected chi connectivity index (χ0v) is 15.1. The van der Waals surface area contributed by atoms with Crippen LogP contribution in [0.2, 0.25) is 10.0 Å². The first-order valence-electron chi connectivity index (χ1n) is 7.90. The lowest BCUT2D eigenvalue weighted by molar-refractivity contribution is -0.134. The minimum atomic E-state index is -2.35. The van der Waals surface area contributed by atoms with Crippen LogP contribution in [0, 0.1) is 0 Å². The molecule has 1 atom stereocenters. The minimum absolute atomic E-state index is 0.0167. The third-order valence-corrected chi connectivity index (χ3v) is 4.96. The number of alkyl halides is 1. The van der Waals surface area contributed by atoms with Gasteiger partial charge in [0, 0.05) is 41.2 Å². The van der Waals surface area contributed by atoms with Gasteiger partial charge in [0.05, 0.1) is 6.61 Å². The van der Waals surface area contributed by atoms with E-state index in [0.29, 0.717) is 16.1 Å². The summed E-state index contributed by atoms with van der Waals surface area (Å²) in [6.07, 6.45) is 1.04. The molecular weight excluding hydrogens is 382 g/mol. The predicted octanol–water partition coefficient (Wildman–Crippen LogP) is 3.34. The second-order valence-corrected chi connectivity index (χ2v) is 6.83. The number of carbonyl (C=O) groups excluding carboxylic acids is 2. The number of nitrogens with one attached hydrogen (secondary N) is 1. The van der Waals surface area contributed by atoms with Crippen LogP contribution in [0.5, 0.6) is 0 Å². The Morgan fingerprint density at radius 2 is 2.15 bits per heavy atom. The first kappa shape index (κ1) is 18.8. The normalized spacial score (nSPS) is 19.2. The number of aromatic nitrogens is 1. The Morgan fingerprint density at radius 1 is 1.38 bits per heavy atom. The lowest BCUT2D eigenvalue weighted by atomic mass is 9.81. The quantitative estimate of drug-likeness (QED) is 0.830. The molecule has 2 aromatic rings. The van der Waals surface area contributed by atoms with E-state index in [1.807, 2.05) is 0 Å². The van der Waals surface area contributed by atoms with Gasteiger partial charge in [0.25, 0.3) is 5.91 Å². The van der Waals surface area contributed by atoms with E-state index in [1.54, 1.807) is 0 Å². The molecule has 0 spiro atoms. The molecule has 0 saturated heterocycles. The number of benzene rings is 1. The van der Waals surface area contributed by atoms with E-state index in [-0.39, 0.29) is 48.1 Å². The molecule has 2 N–H and O–H groups in total. The summed E-state index contributed by atoms with van der Waals surface area (Å²) in [7, 11) is 0. The standard InChI is InChI=1S/C18H15Cl2FN2O3/c19-11-6-10(9-24)12(14(20)7-11)8-23-17(26)18(21)4-3-15(25)16-13(18)2-1-5-22-16/h1-2,5-7,24H,3-4,8-9H2,(H,23,26). The van der Waals surface area contributed by atoms with Crippen molar-refractivity contribution < 1.29 is 19.1 Å². The van der Waals surface area contributed by atoms with Crippen LogP contribution in [0.1, 0.15) is 40.0 Å². The van der Waals surface area contributed by atoms with Crippen molar-refractivity contribution in [1.82, 2.24) is 10.3 Å². The maximum absolute atomic E-state index is 15.5. The number of nitrogens with zero attached hydrogens (tertiary/aromatic N) is 1. The van der Waals surface area contributed by atoms with Gasteiger partial charge in [-0.1, -0.05) is 29.3 Å². The van der Waals surface area contributed by atoms with Crippen molar-refractivity contribution in [3.05, 3.63) is 62.9 Å². The van der Waals surface area contributed by atoms with Crippen LogP contribution >= 0.6 is 23.2 Å². The predicted molar refractivity (Wildman–Crippen MR) is 94.8 cm³/mol. The van der Waals surface area contributed by atoms with Crippen LogP contribution in [0.15, 0.2) is 30.5 Å². The van der Waals surface area contributed by atoms with Crippen LogP contribution < -0.4 is 5.32 Å². The number of carbonyl (C=O) groups is 2. The molecular formula is C18H15Cl2FN2O3. The van der Waals surface area contributed by atoms with Crippen LogP contribution in [-0.4, -0.2) is 21.8 Å². The van der Waals surface area contributed by atoms with Gasteiger partial charge in [-0.3, -0.25) is 14.6 Å². The summed E-state index contributed by atoms with van der Waals surface area (Å²) in [6, 6.07) is 5.89. The van der Waals surface area contributed by atoms with Gasteiger partial charge in [0.1, 0.15) is 5.69 Å². The number of aliphatic hydroxyl groups is 1. The average Bonchev–Trinajstić information content (AvgIpc) is 2.63. The highest BCUT2D eigenvalue weighted by molar-refractivity contribution is 6.35. The van der Waals surface area contributed by atoms with Crippen molar-refractivity contribution in [3.8, 4) is 0 Å². The summed E-state index contributed by atoms with van der Waals surface area (Å²) in [6.45, 7) is -0.409. The number of Topliss-reactive ketones (excluding diaryl/α,β-unsaturated/α-hetero) is 1. The largest absolute Gasteiger partial charge is 0.392 e. The van der Waals surface area contributed by atoms with Crippen LogP contribution in [0.4, 0.5) is 4.39 Å². The molecule has 0 aliphatic heterocycles. The second kappa shape index (κ2) is 7.31. The van der Waals surface area contributed by atoms with Crippen LogP contribution in [0.25, 0.3) is 0 Å². The number of pyridine rings is 1. The maximum Gasteiger partial charge on any atom is 0.262 e. The van der Waals surface area contributed by atoms with Crippen molar-refractivity contribution >= 4 is 34.9 Å². The summed E-state index contributed by atoms with van der Waals surface area (Å²) in [5, 5.41) is 12.6. The molecule has 1 unspecified atom stereocenters. The van der Waals surface area contributed by atoms with Gasteiger partial charge < -0.3 is 10.4 Å². The summed E-state index contributed by atoms with van der Waals surface area (Å²) in [5.41, 5.74) is -1.50. The molecule has 0 bridgehead atoms. The highest BCUT2D eigenvalue weighted by Gasteiger charge is 2.46. The summed E-state index contributed by atoms with van der Waals surface area (Å²) in [5.74, 6) is -1.17. The molecule has 1 aromatic carbocycles. The van der Waals surface area contributed by atoms with Gasteiger partial charge in [-0.05, 0) is 29.3 Å². The SMILES string of the molecule is O=C1CCC(F)(C(=O)NCc2c(Cl)cc(Cl)cc2CO)c2cccnc21. The second-order valence-electron chi connectivity index (χ2n) is 5.99. The smallest absolute Gasteiger partial charge is 0.262 e. The summed E-state index contributed by atoms with van der Waals surface area (Å²) < 4.78 is 15.5. The molecule has 1 aliphatic carbocycles. The monoisotopic (exact) mass is 396 g/mol. The molecule has 5 nitrogen and oxygen atoms in total. The lowest BCUT2D eigenvalue weighted by Crippen LogP contribution is -2.44. The number of hydrogen-bond acceptors (Lipinski definition) is 4. The summed E-state index contributed by atoms with van der Waals surface area (Å²) >= 11 is 12.0. The molecule has 1 heterocycles. The fraction of sp³-hybridized carbons (Fsp3) is 0.278.